The minimum absolute atomic E-state index is 0.0131. The average molecular weight is 299 g/mol. The number of nitro groups is 1. The van der Waals surface area contributed by atoms with Crippen LogP contribution >= 0.6 is 0 Å². The smallest absolute Gasteiger partial charge is 0.271 e. The van der Waals surface area contributed by atoms with Gasteiger partial charge in [-0.2, -0.15) is 0 Å². The Bertz CT molecular complexity index is 815. The molecule has 2 aromatic carbocycles. The molecule has 3 aromatic rings. The topological polar surface area (TPSA) is 123 Å². The Kier molecular flexibility index (Phi) is 4.38. The number of hydrogen-bond donors (Lipinski definition) is 3. The van der Waals surface area contributed by atoms with Crippen LogP contribution in [0.4, 0.5) is 11.4 Å². The van der Waals surface area contributed by atoms with E-state index in [1.165, 1.54) is 12.1 Å². The molecule has 22 heavy (non-hydrogen) atoms. The van der Waals surface area contributed by atoms with Crippen LogP contribution in [0.15, 0.2) is 54.7 Å². The molecule has 0 saturated heterocycles. The lowest BCUT2D eigenvalue weighted by molar-refractivity contribution is -0.384. The van der Waals surface area contributed by atoms with Crippen molar-refractivity contribution in [2.45, 2.75) is 0 Å². The fourth-order valence-corrected chi connectivity index (χ4v) is 1.74. The van der Waals surface area contributed by atoms with Crippen LogP contribution in [0.3, 0.4) is 0 Å². The number of aromatic nitrogens is 1. The maximum Gasteiger partial charge on any atom is 0.271 e. The Balaban J connectivity index is 0.000000160. The number of nitro benzene ring substituents is 1. The van der Waals surface area contributed by atoms with Gasteiger partial charge in [0.15, 0.2) is 0 Å². The van der Waals surface area contributed by atoms with Gasteiger partial charge in [-0.05, 0) is 18.2 Å². The van der Waals surface area contributed by atoms with Crippen LogP contribution in [0.2, 0.25) is 0 Å². The number of anilines is 1. The summed E-state index contributed by atoms with van der Waals surface area (Å²) in [7, 11) is 0. The second kappa shape index (κ2) is 6.40. The third-order valence-corrected chi connectivity index (χ3v) is 2.83. The van der Waals surface area contributed by atoms with E-state index in [2.05, 4.69) is 4.98 Å². The third kappa shape index (κ3) is 3.40. The van der Waals surface area contributed by atoms with Gasteiger partial charge in [-0.1, -0.05) is 18.2 Å². The van der Waals surface area contributed by atoms with Gasteiger partial charge in [0.25, 0.3) is 5.69 Å². The summed E-state index contributed by atoms with van der Waals surface area (Å²) < 4.78 is 0. The Morgan fingerprint density at radius 3 is 2.41 bits per heavy atom. The SMILES string of the molecule is Nc1cc([N+](=O)[O-])ccc1O.Oc1cccc2cccnc12. The maximum atomic E-state index is 10.1. The average Bonchev–Trinajstić information content (AvgIpc) is 2.51. The van der Waals surface area contributed by atoms with E-state index in [1.807, 2.05) is 18.2 Å². The quantitative estimate of drug-likeness (QED) is 0.275. The molecule has 0 fully saturated rings. The van der Waals surface area contributed by atoms with Crippen molar-refractivity contribution in [2.75, 3.05) is 5.73 Å². The monoisotopic (exact) mass is 299 g/mol. The number of phenolic OH excluding ortho intramolecular Hbond substituents is 2. The zero-order valence-corrected chi connectivity index (χ0v) is 11.4. The van der Waals surface area contributed by atoms with E-state index < -0.39 is 4.92 Å². The van der Waals surface area contributed by atoms with Gasteiger partial charge in [-0.15, -0.1) is 0 Å². The summed E-state index contributed by atoms with van der Waals surface area (Å²) in [5.74, 6) is 0.0960. The van der Waals surface area contributed by atoms with Gasteiger partial charge in [0.05, 0.1) is 10.6 Å². The number of para-hydroxylation sites is 1. The van der Waals surface area contributed by atoms with Gasteiger partial charge in [0.1, 0.15) is 17.0 Å². The summed E-state index contributed by atoms with van der Waals surface area (Å²) in [5.41, 5.74) is 5.75. The number of benzene rings is 2. The Morgan fingerprint density at radius 1 is 1.05 bits per heavy atom. The first-order chi connectivity index (χ1) is 10.5. The lowest BCUT2D eigenvalue weighted by Crippen LogP contribution is -1.90. The molecule has 0 bridgehead atoms. The van der Waals surface area contributed by atoms with Gasteiger partial charge < -0.3 is 15.9 Å². The molecule has 0 radical (unpaired) electrons. The largest absolute Gasteiger partial charge is 0.506 e. The first-order valence-electron chi connectivity index (χ1n) is 6.24. The third-order valence-electron chi connectivity index (χ3n) is 2.83. The fourth-order valence-electron chi connectivity index (χ4n) is 1.74. The highest BCUT2D eigenvalue weighted by atomic mass is 16.6. The minimum Gasteiger partial charge on any atom is -0.506 e. The first kappa shape index (κ1) is 15.0. The van der Waals surface area contributed by atoms with Gasteiger partial charge >= 0.3 is 0 Å². The standard InChI is InChI=1S/C9H7NO.C6H6N2O3/c11-8-5-1-3-7-4-2-6-10-9(7)8;7-5-3-4(8(10)11)1-2-6(5)9/h1-6,11H;1-3,9H,7H2. The highest BCUT2D eigenvalue weighted by Gasteiger charge is 2.06. The molecule has 3 rings (SSSR count). The van der Waals surface area contributed by atoms with Crippen LogP contribution in [-0.2, 0) is 0 Å². The number of nitrogens with two attached hydrogens (primary N) is 1. The van der Waals surface area contributed by atoms with E-state index in [0.29, 0.717) is 5.52 Å². The van der Waals surface area contributed by atoms with Crippen LogP contribution in [0.25, 0.3) is 10.9 Å². The second-order valence-electron chi connectivity index (χ2n) is 4.35. The number of phenols is 2. The zero-order chi connectivity index (χ0) is 16.1. The van der Waals surface area contributed by atoms with Crippen molar-refractivity contribution >= 4 is 22.3 Å². The lowest BCUT2D eigenvalue weighted by atomic mass is 10.2. The van der Waals surface area contributed by atoms with E-state index in [0.717, 1.165) is 11.5 Å². The van der Waals surface area contributed by atoms with Crippen molar-refractivity contribution < 1.29 is 15.1 Å². The van der Waals surface area contributed by atoms with Crippen molar-refractivity contribution in [3.8, 4) is 11.5 Å². The molecule has 0 saturated carbocycles. The minimum atomic E-state index is -0.574. The summed E-state index contributed by atoms with van der Waals surface area (Å²) in [4.78, 5) is 13.6. The Morgan fingerprint density at radius 2 is 1.77 bits per heavy atom. The molecular formula is C15H13N3O4. The van der Waals surface area contributed by atoms with E-state index in [4.69, 9.17) is 10.8 Å². The molecule has 0 unspecified atom stereocenters. The zero-order valence-electron chi connectivity index (χ0n) is 11.4. The van der Waals surface area contributed by atoms with Crippen molar-refractivity contribution in [1.82, 2.24) is 4.98 Å². The van der Waals surface area contributed by atoms with E-state index in [9.17, 15) is 15.2 Å². The maximum absolute atomic E-state index is 10.1. The van der Waals surface area contributed by atoms with Gasteiger partial charge in [0.2, 0.25) is 0 Å². The molecule has 1 aromatic heterocycles. The predicted molar refractivity (Wildman–Crippen MR) is 82.6 cm³/mol. The molecule has 112 valence electrons. The number of hydrogen-bond acceptors (Lipinski definition) is 6. The molecule has 7 heteroatoms. The molecule has 0 atom stereocenters. The molecule has 0 aliphatic heterocycles. The number of nitrogens with zero attached hydrogens (tertiary/aromatic N) is 2. The van der Waals surface area contributed by atoms with Crippen LogP contribution in [-0.4, -0.2) is 20.1 Å². The van der Waals surface area contributed by atoms with E-state index in [-0.39, 0.29) is 22.9 Å². The summed E-state index contributed by atoms with van der Waals surface area (Å²) in [6.45, 7) is 0. The Labute approximate surface area is 125 Å². The van der Waals surface area contributed by atoms with Crippen LogP contribution in [0.5, 0.6) is 11.5 Å². The molecular weight excluding hydrogens is 286 g/mol. The summed E-state index contributed by atoms with van der Waals surface area (Å²) in [6, 6.07) is 12.6. The van der Waals surface area contributed by atoms with Gasteiger partial charge in [-0.3, -0.25) is 15.1 Å². The van der Waals surface area contributed by atoms with Gasteiger partial charge in [0, 0.05) is 23.7 Å². The van der Waals surface area contributed by atoms with Gasteiger partial charge in [-0.25, -0.2) is 0 Å². The molecule has 0 aliphatic carbocycles. The van der Waals surface area contributed by atoms with E-state index in [1.54, 1.807) is 18.3 Å². The summed E-state index contributed by atoms with van der Waals surface area (Å²) in [5, 5.41) is 29.3. The Hall–Kier alpha value is -3.35. The molecule has 0 aliphatic rings. The van der Waals surface area contributed by atoms with Crippen LogP contribution < -0.4 is 5.73 Å². The first-order valence-corrected chi connectivity index (χ1v) is 6.24. The number of fused-ring (bicyclic) bond motifs is 1. The number of pyridine rings is 1. The summed E-state index contributed by atoms with van der Waals surface area (Å²) in [6.07, 6.45) is 1.67. The van der Waals surface area contributed by atoms with Crippen molar-refractivity contribution in [3.05, 3.63) is 64.8 Å². The number of non-ortho nitro benzene ring substituents is 1. The van der Waals surface area contributed by atoms with Crippen molar-refractivity contribution in [3.63, 3.8) is 0 Å². The van der Waals surface area contributed by atoms with Crippen molar-refractivity contribution in [2.24, 2.45) is 0 Å². The molecule has 1 heterocycles. The molecule has 7 nitrogen and oxygen atoms in total. The molecule has 0 spiro atoms. The number of nitrogen functional groups attached to an aromatic ring is 1. The number of rotatable bonds is 1. The molecule has 4 N–H and O–H groups in total. The lowest BCUT2D eigenvalue weighted by Gasteiger charge is -1.96. The van der Waals surface area contributed by atoms with E-state index >= 15 is 0 Å². The highest BCUT2D eigenvalue weighted by molar-refractivity contribution is 5.83. The number of aromatic hydroxyl groups is 2. The normalized spacial score (nSPS) is 9.82. The highest BCUT2D eigenvalue weighted by Crippen LogP contribution is 2.24. The van der Waals surface area contributed by atoms with Crippen LogP contribution in [0, 0.1) is 10.1 Å². The molecule has 0 amide bonds. The summed E-state index contributed by atoms with van der Waals surface area (Å²) >= 11 is 0. The predicted octanol–water partition coefficient (Wildman–Crippen LogP) is 2.82. The van der Waals surface area contributed by atoms with Crippen LogP contribution in [0.1, 0.15) is 0 Å². The van der Waals surface area contributed by atoms with Crippen molar-refractivity contribution in [1.29, 1.82) is 0 Å². The second-order valence-corrected chi connectivity index (χ2v) is 4.35. The fraction of sp³-hybridized carbons (Fsp3) is 0.